The minimum atomic E-state index is -0.745. The number of nitro benzene ring substituents is 1. The maximum atomic E-state index is 12.2. The molecule has 0 unspecified atom stereocenters. The van der Waals surface area contributed by atoms with Crippen LogP contribution in [0.5, 0.6) is 11.5 Å². The van der Waals surface area contributed by atoms with Gasteiger partial charge < -0.3 is 9.47 Å². The van der Waals surface area contributed by atoms with Crippen molar-refractivity contribution >= 4 is 11.7 Å². The van der Waals surface area contributed by atoms with Gasteiger partial charge in [-0.1, -0.05) is 17.7 Å². The van der Waals surface area contributed by atoms with E-state index < -0.39 is 10.9 Å². The van der Waals surface area contributed by atoms with Gasteiger partial charge >= 0.3 is 5.97 Å². The minimum Gasteiger partial charge on any atom is -0.459 e. The zero-order valence-electron chi connectivity index (χ0n) is 14.0. The van der Waals surface area contributed by atoms with E-state index in [0.29, 0.717) is 17.1 Å². The Morgan fingerprint density at radius 3 is 2.29 bits per heavy atom. The fraction of sp³-hybridized carbons (Fsp3) is 0.278. The topological polar surface area (TPSA) is 78.7 Å². The summed E-state index contributed by atoms with van der Waals surface area (Å²) in [6, 6.07) is 10.1. The number of carbonyl (C=O) groups is 1. The molecule has 0 aliphatic heterocycles. The maximum Gasteiger partial charge on any atom is 0.345 e. The normalized spacial score (nSPS) is 10.5. The van der Waals surface area contributed by atoms with E-state index in [-0.39, 0.29) is 17.4 Å². The van der Waals surface area contributed by atoms with Gasteiger partial charge in [-0.2, -0.15) is 0 Å². The van der Waals surface area contributed by atoms with Crippen LogP contribution in [0.15, 0.2) is 36.4 Å². The first-order valence-electron chi connectivity index (χ1n) is 7.52. The Hall–Kier alpha value is -2.89. The lowest BCUT2D eigenvalue weighted by Gasteiger charge is -2.12. The van der Waals surface area contributed by atoms with Crippen LogP contribution in [0.25, 0.3) is 0 Å². The highest BCUT2D eigenvalue weighted by atomic mass is 16.6. The maximum absolute atomic E-state index is 12.2. The molecule has 0 heterocycles. The van der Waals surface area contributed by atoms with Crippen molar-refractivity contribution in [2.75, 3.05) is 0 Å². The smallest absolute Gasteiger partial charge is 0.345 e. The molecule has 0 fully saturated rings. The van der Waals surface area contributed by atoms with Crippen molar-refractivity contribution in [3.8, 4) is 11.5 Å². The van der Waals surface area contributed by atoms with Gasteiger partial charge in [0.15, 0.2) is 0 Å². The molecule has 0 spiro atoms. The number of hydrogen-bond donors (Lipinski definition) is 0. The van der Waals surface area contributed by atoms with Gasteiger partial charge in [-0.15, -0.1) is 0 Å². The van der Waals surface area contributed by atoms with Crippen molar-refractivity contribution < 1.29 is 19.2 Å². The van der Waals surface area contributed by atoms with Gasteiger partial charge in [0, 0.05) is 12.1 Å². The third-order valence-corrected chi connectivity index (χ3v) is 3.30. The van der Waals surface area contributed by atoms with Crippen LogP contribution >= 0.6 is 0 Å². The van der Waals surface area contributed by atoms with Crippen LogP contribution in [0.2, 0.25) is 0 Å². The summed E-state index contributed by atoms with van der Waals surface area (Å²) in [5.41, 5.74) is 1.23. The molecule has 0 aliphatic carbocycles. The molecule has 0 saturated heterocycles. The van der Waals surface area contributed by atoms with E-state index in [0.717, 1.165) is 5.56 Å². The zero-order valence-corrected chi connectivity index (χ0v) is 14.0. The molecule has 0 radical (unpaired) electrons. The van der Waals surface area contributed by atoms with Crippen LogP contribution in [0.4, 0.5) is 5.69 Å². The molecular formula is C18H19NO5. The molecule has 6 heteroatoms. The van der Waals surface area contributed by atoms with Crippen molar-refractivity contribution in [1.29, 1.82) is 0 Å². The largest absolute Gasteiger partial charge is 0.459 e. The van der Waals surface area contributed by atoms with Gasteiger partial charge in [0.2, 0.25) is 0 Å². The lowest BCUT2D eigenvalue weighted by molar-refractivity contribution is -0.385. The fourth-order valence-corrected chi connectivity index (χ4v) is 2.11. The highest BCUT2D eigenvalue weighted by Crippen LogP contribution is 2.32. The molecular weight excluding hydrogens is 310 g/mol. The molecule has 0 N–H and O–H groups in total. The summed E-state index contributed by atoms with van der Waals surface area (Å²) in [4.78, 5) is 22.8. The Bertz CT molecular complexity index is 766. The number of ether oxygens (including phenoxy) is 2. The molecule has 0 aliphatic rings. The van der Waals surface area contributed by atoms with E-state index in [4.69, 9.17) is 9.47 Å². The third-order valence-electron chi connectivity index (χ3n) is 3.30. The number of nitro groups is 1. The molecule has 0 atom stereocenters. The average Bonchev–Trinajstić information content (AvgIpc) is 2.50. The van der Waals surface area contributed by atoms with Crippen molar-refractivity contribution in [2.45, 2.75) is 33.8 Å². The SMILES string of the molecule is Cc1ccc(Oc2cc(C(=O)OC(C)C)c([N+](=O)[O-])cc2C)cc1. The summed E-state index contributed by atoms with van der Waals surface area (Å²) < 4.78 is 10.9. The zero-order chi connectivity index (χ0) is 17.9. The number of esters is 1. The summed E-state index contributed by atoms with van der Waals surface area (Å²) in [6.07, 6.45) is -0.375. The molecule has 2 aromatic rings. The van der Waals surface area contributed by atoms with Crippen molar-refractivity contribution in [3.63, 3.8) is 0 Å². The van der Waals surface area contributed by atoms with Gasteiger partial charge in [-0.05, 0) is 45.4 Å². The molecule has 0 amide bonds. The highest BCUT2D eigenvalue weighted by molar-refractivity contribution is 5.94. The Labute approximate surface area is 140 Å². The van der Waals surface area contributed by atoms with Gasteiger partial charge in [-0.25, -0.2) is 4.79 Å². The van der Waals surface area contributed by atoms with E-state index >= 15 is 0 Å². The third kappa shape index (κ3) is 4.10. The first-order chi connectivity index (χ1) is 11.3. The second-order valence-corrected chi connectivity index (χ2v) is 5.76. The van der Waals surface area contributed by atoms with Crippen molar-refractivity contribution in [1.82, 2.24) is 0 Å². The number of aryl methyl sites for hydroxylation is 2. The van der Waals surface area contributed by atoms with E-state index in [1.807, 2.05) is 19.1 Å². The quantitative estimate of drug-likeness (QED) is 0.456. The van der Waals surface area contributed by atoms with Crippen LogP contribution in [-0.2, 0) is 4.74 Å². The second kappa shape index (κ2) is 7.12. The summed E-state index contributed by atoms with van der Waals surface area (Å²) >= 11 is 0. The summed E-state index contributed by atoms with van der Waals surface area (Å²) in [7, 11) is 0. The summed E-state index contributed by atoms with van der Waals surface area (Å²) in [5.74, 6) is 0.214. The van der Waals surface area contributed by atoms with Crippen LogP contribution in [0.3, 0.4) is 0 Å². The Morgan fingerprint density at radius 2 is 1.75 bits per heavy atom. The highest BCUT2D eigenvalue weighted by Gasteiger charge is 2.25. The number of hydrogen-bond acceptors (Lipinski definition) is 5. The lowest BCUT2D eigenvalue weighted by Crippen LogP contribution is -2.13. The van der Waals surface area contributed by atoms with Crippen molar-refractivity contribution in [3.05, 3.63) is 63.2 Å². The fourth-order valence-electron chi connectivity index (χ4n) is 2.11. The lowest BCUT2D eigenvalue weighted by atomic mass is 10.1. The van der Waals surface area contributed by atoms with Crippen LogP contribution in [0.1, 0.15) is 35.3 Å². The summed E-state index contributed by atoms with van der Waals surface area (Å²) in [6.45, 7) is 7.01. The number of carbonyl (C=O) groups excluding carboxylic acids is 1. The Kier molecular flexibility index (Phi) is 5.18. The number of benzene rings is 2. The first-order valence-corrected chi connectivity index (χ1v) is 7.52. The molecule has 24 heavy (non-hydrogen) atoms. The minimum absolute atomic E-state index is 0.124. The molecule has 126 valence electrons. The molecule has 0 bridgehead atoms. The molecule has 6 nitrogen and oxygen atoms in total. The van der Waals surface area contributed by atoms with E-state index in [2.05, 4.69) is 0 Å². The van der Waals surface area contributed by atoms with Gasteiger partial charge in [0.25, 0.3) is 5.69 Å². The predicted octanol–water partition coefficient (Wildman–Crippen LogP) is 4.57. The molecule has 2 rings (SSSR count). The van der Waals surface area contributed by atoms with E-state index in [1.54, 1.807) is 32.9 Å². The Morgan fingerprint density at radius 1 is 1.12 bits per heavy atom. The second-order valence-electron chi connectivity index (χ2n) is 5.76. The van der Waals surface area contributed by atoms with Gasteiger partial charge in [0.05, 0.1) is 11.0 Å². The molecule has 0 saturated carbocycles. The molecule has 2 aromatic carbocycles. The van der Waals surface area contributed by atoms with Gasteiger partial charge in [0.1, 0.15) is 17.1 Å². The van der Waals surface area contributed by atoms with E-state index in [1.165, 1.54) is 12.1 Å². The average molecular weight is 329 g/mol. The Balaban J connectivity index is 2.43. The molecule has 0 aromatic heterocycles. The summed E-state index contributed by atoms with van der Waals surface area (Å²) in [5, 5.41) is 11.2. The number of rotatable bonds is 5. The monoisotopic (exact) mass is 329 g/mol. The first kappa shape index (κ1) is 17.5. The standard InChI is InChI=1S/C18H19NO5/c1-11(2)23-18(20)15-10-17(13(4)9-16(15)19(21)22)24-14-7-5-12(3)6-8-14/h5-11H,1-4H3. The van der Waals surface area contributed by atoms with Crippen LogP contribution < -0.4 is 4.74 Å². The van der Waals surface area contributed by atoms with Crippen LogP contribution in [0, 0.1) is 24.0 Å². The van der Waals surface area contributed by atoms with E-state index in [9.17, 15) is 14.9 Å². The predicted molar refractivity (Wildman–Crippen MR) is 89.6 cm³/mol. The van der Waals surface area contributed by atoms with Crippen molar-refractivity contribution in [2.24, 2.45) is 0 Å². The number of nitrogens with zero attached hydrogens (tertiary/aromatic N) is 1. The van der Waals surface area contributed by atoms with Crippen LogP contribution in [-0.4, -0.2) is 17.0 Å². The van der Waals surface area contributed by atoms with Gasteiger partial charge in [-0.3, -0.25) is 10.1 Å².